The minimum atomic E-state index is -4.43. The second-order valence-corrected chi connectivity index (χ2v) is 5.40. The maximum atomic E-state index is 12.7. The molecule has 2 aromatic rings. The van der Waals surface area contributed by atoms with Crippen LogP contribution in [-0.2, 0) is 6.18 Å². The van der Waals surface area contributed by atoms with Gasteiger partial charge < -0.3 is 10.5 Å². The maximum Gasteiger partial charge on any atom is 0.416 e. The van der Waals surface area contributed by atoms with Crippen molar-refractivity contribution in [2.24, 2.45) is 5.73 Å². The molecule has 0 saturated heterocycles. The van der Waals surface area contributed by atoms with Crippen LogP contribution in [0.5, 0.6) is 11.5 Å². The van der Waals surface area contributed by atoms with Gasteiger partial charge >= 0.3 is 6.18 Å². The Bertz CT molecular complexity index is 688. The lowest BCUT2D eigenvalue weighted by atomic mass is 10.2. The van der Waals surface area contributed by atoms with Crippen LogP contribution in [0, 0.1) is 0 Å². The molecule has 0 heterocycles. The molecular weight excluding hydrogens is 367 g/mol. The van der Waals surface area contributed by atoms with E-state index in [1.807, 2.05) is 0 Å². The molecule has 0 aliphatic heterocycles. The summed E-state index contributed by atoms with van der Waals surface area (Å²) in [5.74, 6) is 0.344. The molecule has 0 saturated carbocycles. The van der Waals surface area contributed by atoms with Gasteiger partial charge in [0, 0.05) is 4.47 Å². The van der Waals surface area contributed by atoms with Crippen LogP contribution in [0.15, 0.2) is 46.9 Å². The average molecular weight is 376 g/mol. The number of rotatable bonds is 3. The van der Waals surface area contributed by atoms with Gasteiger partial charge in [-0.1, -0.05) is 24.4 Å². The highest BCUT2D eigenvalue weighted by molar-refractivity contribution is 9.10. The van der Waals surface area contributed by atoms with Crippen molar-refractivity contribution in [2.75, 3.05) is 0 Å². The molecule has 0 aromatic heterocycles. The van der Waals surface area contributed by atoms with E-state index in [0.717, 1.165) is 12.1 Å². The second-order valence-electron chi connectivity index (χ2n) is 4.10. The monoisotopic (exact) mass is 375 g/mol. The minimum Gasteiger partial charge on any atom is -0.457 e. The lowest BCUT2D eigenvalue weighted by Crippen LogP contribution is -2.11. The van der Waals surface area contributed by atoms with E-state index in [1.54, 1.807) is 18.2 Å². The molecule has 21 heavy (non-hydrogen) atoms. The molecule has 0 bridgehead atoms. The van der Waals surface area contributed by atoms with Gasteiger partial charge in [-0.2, -0.15) is 13.2 Å². The van der Waals surface area contributed by atoms with Crippen LogP contribution in [-0.4, -0.2) is 4.99 Å². The molecule has 2 aromatic carbocycles. The van der Waals surface area contributed by atoms with Crippen LogP contribution in [0.3, 0.4) is 0 Å². The predicted molar refractivity (Wildman–Crippen MR) is 81.5 cm³/mol. The van der Waals surface area contributed by atoms with Crippen molar-refractivity contribution in [3.8, 4) is 11.5 Å². The standard InChI is InChI=1S/C14H9BrF3NOS/c15-10-5-2-6-11(12(10)13(19)21)20-9-4-1-3-8(7-9)14(16,17)18/h1-7H,(H2,19,21). The maximum absolute atomic E-state index is 12.7. The Morgan fingerprint density at radius 3 is 2.43 bits per heavy atom. The number of thiocarbonyl (C=S) groups is 1. The van der Waals surface area contributed by atoms with Gasteiger partial charge in [0.25, 0.3) is 0 Å². The Morgan fingerprint density at radius 1 is 1.14 bits per heavy atom. The van der Waals surface area contributed by atoms with Crippen LogP contribution >= 0.6 is 28.1 Å². The summed E-state index contributed by atoms with van der Waals surface area (Å²) in [5.41, 5.74) is 5.26. The Hall–Kier alpha value is -1.60. The Labute approximate surface area is 132 Å². The van der Waals surface area contributed by atoms with Gasteiger partial charge in [0.1, 0.15) is 16.5 Å². The Morgan fingerprint density at radius 2 is 1.81 bits per heavy atom. The fourth-order valence-corrected chi connectivity index (χ4v) is 2.59. The van der Waals surface area contributed by atoms with Crippen molar-refractivity contribution in [3.63, 3.8) is 0 Å². The summed E-state index contributed by atoms with van der Waals surface area (Å²) in [7, 11) is 0. The molecule has 7 heteroatoms. The van der Waals surface area contributed by atoms with Gasteiger partial charge in [0.05, 0.1) is 11.1 Å². The molecule has 110 valence electrons. The second kappa shape index (κ2) is 6.03. The van der Waals surface area contributed by atoms with Crippen LogP contribution in [0.25, 0.3) is 0 Å². The lowest BCUT2D eigenvalue weighted by Gasteiger charge is -2.13. The van der Waals surface area contributed by atoms with Crippen LogP contribution < -0.4 is 10.5 Å². The van der Waals surface area contributed by atoms with Gasteiger partial charge in [-0.15, -0.1) is 0 Å². The quantitative estimate of drug-likeness (QED) is 0.775. The molecule has 2 nitrogen and oxygen atoms in total. The van der Waals surface area contributed by atoms with Crippen molar-refractivity contribution < 1.29 is 17.9 Å². The summed E-state index contributed by atoms with van der Waals surface area (Å²) in [6.07, 6.45) is -4.43. The van der Waals surface area contributed by atoms with Crippen molar-refractivity contribution in [1.82, 2.24) is 0 Å². The SMILES string of the molecule is NC(=S)c1c(Br)cccc1Oc1cccc(C(F)(F)F)c1. The number of benzene rings is 2. The molecule has 0 aliphatic rings. The first-order valence-corrected chi connectivity index (χ1v) is 6.92. The largest absolute Gasteiger partial charge is 0.457 e. The molecule has 2 N–H and O–H groups in total. The van der Waals surface area contributed by atoms with Crippen molar-refractivity contribution in [1.29, 1.82) is 0 Å². The smallest absolute Gasteiger partial charge is 0.416 e. The molecule has 0 spiro atoms. The first-order valence-electron chi connectivity index (χ1n) is 5.72. The molecule has 0 fully saturated rings. The first kappa shape index (κ1) is 15.8. The number of hydrogen-bond donors (Lipinski definition) is 1. The van der Waals surface area contributed by atoms with E-state index in [9.17, 15) is 13.2 Å². The molecule has 0 atom stereocenters. The van der Waals surface area contributed by atoms with E-state index in [2.05, 4.69) is 15.9 Å². The Kier molecular flexibility index (Phi) is 4.53. The van der Waals surface area contributed by atoms with E-state index in [1.165, 1.54) is 12.1 Å². The summed E-state index contributed by atoms with van der Waals surface area (Å²) in [5, 5.41) is 0. The highest BCUT2D eigenvalue weighted by Gasteiger charge is 2.30. The summed E-state index contributed by atoms with van der Waals surface area (Å²) in [6.45, 7) is 0. The van der Waals surface area contributed by atoms with Gasteiger partial charge in [0.2, 0.25) is 0 Å². The zero-order valence-corrected chi connectivity index (χ0v) is 12.8. The molecule has 0 unspecified atom stereocenters. The van der Waals surface area contributed by atoms with Gasteiger partial charge in [0.15, 0.2) is 0 Å². The fourth-order valence-electron chi connectivity index (χ4n) is 1.69. The van der Waals surface area contributed by atoms with Crippen molar-refractivity contribution in [2.45, 2.75) is 6.18 Å². The summed E-state index contributed by atoms with van der Waals surface area (Å²) in [6, 6.07) is 9.57. The summed E-state index contributed by atoms with van der Waals surface area (Å²) >= 11 is 8.21. The van der Waals surface area contributed by atoms with Crippen LogP contribution in [0.1, 0.15) is 11.1 Å². The normalized spacial score (nSPS) is 11.2. The van der Waals surface area contributed by atoms with Crippen LogP contribution in [0.4, 0.5) is 13.2 Å². The van der Waals surface area contributed by atoms with Crippen molar-refractivity contribution in [3.05, 3.63) is 58.1 Å². The highest BCUT2D eigenvalue weighted by Crippen LogP contribution is 2.34. The predicted octanol–water partition coefficient (Wildman–Crippen LogP) is 4.89. The van der Waals surface area contributed by atoms with Crippen LogP contribution in [0.2, 0.25) is 0 Å². The van der Waals surface area contributed by atoms with E-state index in [4.69, 9.17) is 22.7 Å². The van der Waals surface area contributed by atoms with E-state index in [-0.39, 0.29) is 16.5 Å². The first-order chi connectivity index (χ1) is 9.79. The van der Waals surface area contributed by atoms with Gasteiger partial charge in [-0.05, 0) is 46.3 Å². The number of nitrogens with two attached hydrogens (primary N) is 1. The average Bonchev–Trinajstić information content (AvgIpc) is 2.37. The van der Waals surface area contributed by atoms with E-state index in [0.29, 0.717) is 10.0 Å². The molecule has 0 amide bonds. The zero-order valence-electron chi connectivity index (χ0n) is 10.4. The topological polar surface area (TPSA) is 35.2 Å². The third kappa shape index (κ3) is 3.74. The van der Waals surface area contributed by atoms with E-state index >= 15 is 0 Å². The van der Waals surface area contributed by atoms with Gasteiger partial charge in [-0.3, -0.25) is 0 Å². The minimum absolute atomic E-state index is 0.0559. The summed E-state index contributed by atoms with van der Waals surface area (Å²) < 4.78 is 44.1. The zero-order chi connectivity index (χ0) is 15.6. The number of hydrogen-bond acceptors (Lipinski definition) is 2. The highest BCUT2D eigenvalue weighted by atomic mass is 79.9. The summed E-state index contributed by atoms with van der Waals surface area (Å²) in [4.78, 5) is 0.0875. The third-order valence-corrected chi connectivity index (χ3v) is 3.48. The number of halogens is 4. The molecule has 2 rings (SSSR count). The third-order valence-electron chi connectivity index (χ3n) is 2.61. The van der Waals surface area contributed by atoms with Gasteiger partial charge in [-0.25, -0.2) is 0 Å². The lowest BCUT2D eigenvalue weighted by molar-refractivity contribution is -0.137. The van der Waals surface area contributed by atoms with Crippen molar-refractivity contribution >= 4 is 33.1 Å². The number of ether oxygens (including phenoxy) is 1. The fraction of sp³-hybridized carbons (Fsp3) is 0.0714. The van der Waals surface area contributed by atoms with E-state index < -0.39 is 11.7 Å². The molecular formula is C14H9BrF3NOS. The Balaban J connectivity index is 2.40. The molecule has 0 radical (unpaired) electrons. The number of alkyl halides is 3. The molecule has 0 aliphatic carbocycles.